The third-order valence-electron chi connectivity index (χ3n) is 2.69. The quantitative estimate of drug-likeness (QED) is 0.671. The number of benzene rings is 1. The monoisotopic (exact) mass is 282 g/mol. The highest BCUT2D eigenvalue weighted by Gasteiger charge is 2.21. The van der Waals surface area contributed by atoms with E-state index in [2.05, 4.69) is 25.3 Å². The summed E-state index contributed by atoms with van der Waals surface area (Å²) in [7, 11) is -3.72. The van der Waals surface area contributed by atoms with E-state index in [1.807, 2.05) is 0 Å². The van der Waals surface area contributed by atoms with Crippen molar-refractivity contribution >= 4 is 15.7 Å². The minimum atomic E-state index is -3.72. The van der Waals surface area contributed by atoms with Crippen molar-refractivity contribution in [1.29, 1.82) is 0 Å². The van der Waals surface area contributed by atoms with Crippen LogP contribution in [0.15, 0.2) is 17.0 Å². The Hall–Kier alpha value is -2.00. The number of anilines is 1. The molecule has 0 aliphatic rings. The summed E-state index contributed by atoms with van der Waals surface area (Å²) < 4.78 is 26.9. The largest absolute Gasteiger partial charge is 0.397 e. The van der Waals surface area contributed by atoms with Crippen LogP contribution in [-0.2, 0) is 16.6 Å². The van der Waals surface area contributed by atoms with Crippen LogP contribution < -0.4 is 10.5 Å². The number of hydrogen-bond donors (Lipinski definition) is 3. The first-order valence-electron chi connectivity index (χ1n) is 5.49. The van der Waals surface area contributed by atoms with E-state index in [0.717, 1.165) is 0 Å². The van der Waals surface area contributed by atoms with Crippen LogP contribution in [0.3, 0.4) is 0 Å². The van der Waals surface area contributed by atoms with Gasteiger partial charge >= 0.3 is 0 Å². The van der Waals surface area contributed by atoms with Gasteiger partial charge in [0.2, 0.25) is 10.0 Å². The van der Waals surface area contributed by atoms with Gasteiger partial charge in [-0.05, 0) is 25.0 Å². The van der Waals surface area contributed by atoms with Gasteiger partial charge in [0.05, 0.1) is 12.2 Å². The smallest absolute Gasteiger partial charge is 0.243 e. The highest BCUT2D eigenvalue weighted by molar-refractivity contribution is 7.89. The molecule has 2 aromatic rings. The van der Waals surface area contributed by atoms with E-state index in [4.69, 9.17) is 5.73 Å². The van der Waals surface area contributed by atoms with Gasteiger partial charge in [-0.25, -0.2) is 13.1 Å². The molecule has 0 saturated carbocycles. The van der Waals surface area contributed by atoms with Crippen LogP contribution in [0.1, 0.15) is 17.0 Å². The molecule has 4 N–H and O–H groups in total. The van der Waals surface area contributed by atoms with Crippen molar-refractivity contribution in [3.05, 3.63) is 29.1 Å². The van der Waals surface area contributed by atoms with Crippen molar-refractivity contribution in [2.45, 2.75) is 25.3 Å². The number of tetrazole rings is 1. The molecule has 1 heterocycles. The third-order valence-corrected chi connectivity index (χ3v) is 4.29. The van der Waals surface area contributed by atoms with E-state index >= 15 is 0 Å². The summed E-state index contributed by atoms with van der Waals surface area (Å²) in [6.07, 6.45) is 0. The molecule has 0 bridgehead atoms. The number of nitrogens with one attached hydrogen (secondary N) is 2. The molecule has 1 aromatic heterocycles. The predicted octanol–water partition coefficient (Wildman–Crippen LogP) is -0.123. The second-order valence-corrected chi connectivity index (χ2v) is 5.80. The number of nitrogens with two attached hydrogens (primary N) is 1. The summed E-state index contributed by atoms with van der Waals surface area (Å²) in [5.74, 6) is 0.257. The maximum absolute atomic E-state index is 12.2. The number of rotatable bonds is 4. The molecule has 0 atom stereocenters. The highest BCUT2D eigenvalue weighted by Crippen LogP contribution is 2.25. The van der Waals surface area contributed by atoms with Crippen LogP contribution in [0, 0.1) is 13.8 Å². The number of aromatic nitrogens is 4. The molecule has 0 radical (unpaired) electrons. The van der Waals surface area contributed by atoms with E-state index in [1.54, 1.807) is 26.0 Å². The first kappa shape index (κ1) is 13.4. The van der Waals surface area contributed by atoms with E-state index < -0.39 is 10.0 Å². The first-order valence-corrected chi connectivity index (χ1v) is 6.98. The molecule has 1 aromatic carbocycles. The molecule has 102 valence electrons. The normalized spacial score (nSPS) is 11.7. The topological polar surface area (TPSA) is 127 Å². The number of nitrogen functional groups attached to an aromatic ring is 1. The Labute approximate surface area is 110 Å². The van der Waals surface area contributed by atoms with E-state index in [1.165, 1.54) is 0 Å². The number of aromatic amines is 1. The zero-order valence-electron chi connectivity index (χ0n) is 10.5. The fourth-order valence-corrected chi connectivity index (χ4v) is 3.06. The van der Waals surface area contributed by atoms with E-state index in [0.29, 0.717) is 11.1 Å². The predicted molar refractivity (Wildman–Crippen MR) is 68.5 cm³/mol. The number of nitrogens with zero attached hydrogens (tertiary/aromatic N) is 3. The molecule has 0 unspecified atom stereocenters. The lowest BCUT2D eigenvalue weighted by molar-refractivity contribution is 0.579. The Balaban J connectivity index is 2.32. The standard InChI is InChI=1S/C10H14N6O2S/c1-6-3-4-7(2)10(9(6)11)19(17,18)12-5-8-13-15-16-14-8/h3-4,12H,5,11H2,1-2H3,(H,13,14,15,16). The fraction of sp³-hybridized carbons (Fsp3) is 0.300. The van der Waals surface area contributed by atoms with Crippen LogP contribution in [0.4, 0.5) is 5.69 Å². The van der Waals surface area contributed by atoms with Crippen LogP contribution in [0.25, 0.3) is 0 Å². The van der Waals surface area contributed by atoms with Crippen LogP contribution >= 0.6 is 0 Å². The second-order valence-electron chi connectivity index (χ2n) is 4.09. The summed E-state index contributed by atoms with van der Waals surface area (Å²) in [5.41, 5.74) is 7.40. The zero-order chi connectivity index (χ0) is 14.0. The molecular weight excluding hydrogens is 268 g/mol. The molecular formula is C10H14N6O2S. The minimum absolute atomic E-state index is 0.0499. The Morgan fingerprint density at radius 2 is 2.00 bits per heavy atom. The fourth-order valence-electron chi connectivity index (χ4n) is 1.65. The van der Waals surface area contributed by atoms with Crippen molar-refractivity contribution in [3.63, 3.8) is 0 Å². The van der Waals surface area contributed by atoms with Gasteiger partial charge < -0.3 is 5.73 Å². The minimum Gasteiger partial charge on any atom is -0.397 e. The van der Waals surface area contributed by atoms with Crippen molar-refractivity contribution in [3.8, 4) is 0 Å². The van der Waals surface area contributed by atoms with Crippen molar-refractivity contribution in [2.24, 2.45) is 0 Å². The lowest BCUT2D eigenvalue weighted by Crippen LogP contribution is -2.25. The van der Waals surface area contributed by atoms with Gasteiger partial charge in [0.1, 0.15) is 4.90 Å². The lowest BCUT2D eigenvalue weighted by atomic mass is 10.1. The summed E-state index contributed by atoms with van der Waals surface area (Å²) in [6.45, 7) is 3.40. The Kier molecular flexibility index (Phi) is 3.49. The molecule has 2 rings (SSSR count). The van der Waals surface area contributed by atoms with Crippen molar-refractivity contribution in [2.75, 3.05) is 5.73 Å². The molecule has 9 heteroatoms. The Morgan fingerprint density at radius 3 is 2.63 bits per heavy atom. The maximum Gasteiger partial charge on any atom is 0.243 e. The molecule has 8 nitrogen and oxygen atoms in total. The van der Waals surface area contributed by atoms with Crippen LogP contribution in [0.5, 0.6) is 0 Å². The number of sulfonamides is 1. The Morgan fingerprint density at radius 1 is 1.32 bits per heavy atom. The number of hydrogen-bond acceptors (Lipinski definition) is 6. The first-order chi connectivity index (χ1) is 8.92. The van der Waals surface area contributed by atoms with Crippen molar-refractivity contribution < 1.29 is 8.42 Å². The van der Waals surface area contributed by atoms with Gasteiger partial charge in [-0.1, -0.05) is 17.3 Å². The molecule has 0 fully saturated rings. The summed E-state index contributed by atoms with van der Waals surface area (Å²) in [6, 6.07) is 3.50. The molecule has 0 aliphatic carbocycles. The molecule has 0 spiro atoms. The number of H-pyrrole nitrogens is 1. The SMILES string of the molecule is Cc1ccc(C)c(S(=O)(=O)NCc2nn[nH]n2)c1N. The average molecular weight is 282 g/mol. The zero-order valence-corrected chi connectivity index (χ0v) is 11.3. The van der Waals surface area contributed by atoms with E-state index in [-0.39, 0.29) is 23.0 Å². The van der Waals surface area contributed by atoms with Gasteiger partial charge in [0, 0.05) is 0 Å². The van der Waals surface area contributed by atoms with Crippen LogP contribution in [0.2, 0.25) is 0 Å². The Bertz CT molecular complexity index is 680. The molecule has 0 saturated heterocycles. The summed E-state index contributed by atoms with van der Waals surface area (Å²) in [5, 5.41) is 12.9. The second kappa shape index (κ2) is 4.94. The molecule has 19 heavy (non-hydrogen) atoms. The van der Waals surface area contributed by atoms with Crippen molar-refractivity contribution in [1.82, 2.24) is 25.3 Å². The summed E-state index contributed by atoms with van der Waals surface area (Å²) >= 11 is 0. The maximum atomic E-state index is 12.2. The summed E-state index contributed by atoms with van der Waals surface area (Å²) in [4.78, 5) is 0.0935. The van der Waals surface area contributed by atoms with Gasteiger partial charge in [0.25, 0.3) is 0 Å². The third kappa shape index (κ3) is 2.71. The number of aryl methyl sites for hydroxylation is 2. The molecule has 0 amide bonds. The van der Waals surface area contributed by atoms with Gasteiger partial charge in [-0.15, -0.1) is 10.2 Å². The highest BCUT2D eigenvalue weighted by atomic mass is 32.2. The van der Waals surface area contributed by atoms with Gasteiger partial charge in [0.15, 0.2) is 5.82 Å². The average Bonchev–Trinajstić information content (AvgIpc) is 2.85. The van der Waals surface area contributed by atoms with Crippen LogP contribution in [-0.4, -0.2) is 29.0 Å². The van der Waals surface area contributed by atoms with E-state index in [9.17, 15) is 8.42 Å². The lowest BCUT2D eigenvalue weighted by Gasteiger charge is -2.12. The van der Waals surface area contributed by atoms with Gasteiger partial charge in [-0.3, -0.25) is 0 Å². The van der Waals surface area contributed by atoms with Gasteiger partial charge in [-0.2, -0.15) is 5.21 Å². The molecule has 0 aliphatic heterocycles.